The van der Waals surface area contributed by atoms with Crippen molar-refractivity contribution in [3.8, 4) is 0 Å². The number of hydrogen-bond donors (Lipinski definition) is 1. The smallest absolute Gasteiger partial charge is 0.0927 e. The van der Waals surface area contributed by atoms with Crippen LogP contribution in [0, 0.1) is 0 Å². The molecular formula is C16H25BrN2O. The summed E-state index contributed by atoms with van der Waals surface area (Å²) in [5.74, 6) is 0. The van der Waals surface area contributed by atoms with Crippen LogP contribution in [0.2, 0.25) is 0 Å². The summed E-state index contributed by atoms with van der Waals surface area (Å²) >= 11 is 3.51. The van der Waals surface area contributed by atoms with Crippen molar-refractivity contribution >= 4 is 15.9 Å². The number of aliphatic hydroxyl groups excluding tert-OH is 1. The van der Waals surface area contributed by atoms with Gasteiger partial charge in [0.1, 0.15) is 0 Å². The number of likely N-dealkylation sites (tertiary alicyclic amines) is 1. The summed E-state index contributed by atoms with van der Waals surface area (Å²) < 4.78 is 0.988. The van der Waals surface area contributed by atoms with E-state index >= 15 is 0 Å². The molecule has 1 fully saturated rings. The summed E-state index contributed by atoms with van der Waals surface area (Å²) in [6.07, 6.45) is 1.97. The Kier molecular flexibility index (Phi) is 6.02. The molecule has 1 aliphatic heterocycles. The van der Waals surface area contributed by atoms with Crippen LogP contribution in [0.1, 0.15) is 31.4 Å². The highest BCUT2D eigenvalue weighted by molar-refractivity contribution is 9.10. The Morgan fingerprint density at radius 1 is 1.35 bits per heavy atom. The standard InChI is InChI=1S/C16H25BrN2O/c1-3-19-10-8-13(9-11-19)18(2)12-16(20)14-6-4-5-7-15(14)17/h4-7,13,16,20H,3,8-12H2,1-2H3. The highest BCUT2D eigenvalue weighted by atomic mass is 79.9. The van der Waals surface area contributed by atoms with Gasteiger partial charge in [0.25, 0.3) is 0 Å². The molecule has 0 aromatic heterocycles. The van der Waals surface area contributed by atoms with Crippen LogP contribution in [-0.4, -0.2) is 54.2 Å². The van der Waals surface area contributed by atoms with Gasteiger partial charge in [-0.05, 0) is 51.2 Å². The molecule has 1 unspecified atom stereocenters. The van der Waals surface area contributed by atoms with Crippen LogP contribution in [-0.2, 0) is 0 Å². The van der Waals surface area contributed by atoms with Crippen LogP contribution < -0.4 is 0 Å². The van der Waals surface area contributed by atoms with Crippen LogP contribution >= 0.6 is 15.9 Å². The van der Waals surface area contributed by atoms with Gasteiger partial charge in [0.2, 0.25) is 0 Å². The monoisotopic (exact) mass is 340 g/mol. The lowest BCUT2D eigenvalue weighted by atomic mass is 10.0. The molecule has 1 atom stereocenters. The molecular weight excluding hydrogens is 316 g/mol. The van der Waals surface area contributed by atoms with E-state index in [-0.39, 0.29) is 0 Å². The first-order valence-electron chi connectivity index (χ1n) is 7.47. The Hall–Kier alpha value is -0.420. The van der Waals surface area contributed by atoms with Crippen molar-refractivity contribution in [1.29, 1.82) is 0 Å². The van der Waals surface area contributed by atoms with Crippen molar-refractivity contribution in [2.45, 2.75) is 31.9 Å². The Balaban J connectivity index is 1.88. The second kappa shape index (κ2) is 7.55. The zero-order valence-corrected chi connectivity index (χ0v) is 14.0. The van der Waals surface area contributed by atoms with E-state index in [9.17, 15) is 5.11 Å². The first kappa shape index (κ1) is 16.0. The van der Waals surface area contributed by atoms with Gasteiger partial charge in [-0.2, -0.15) is 0 Å². The second-order valence-electron chi connectivity index (χ2n) is 5.64. The van der Waals surface area contributed by atoms with Crippen molar-refractivity contribution in [1.82, 2.24) is 9.80 Å². The van der Waals surface area contributed by atoms with E-state index in [1.165, 1.54) is 25.9 Å². The average Bonchev–Trinajstić information content (AvgIpc) is 2.47. The van der Waals surface area contributed by atoms with Gasteiger partial charge in [0.15, 0.2) is 0 Å². The number of piperidine rings is 1. The number of benzene rings is 1. The average molecular weight is 341 g/mol. The number of rotatable bonds is 5. The van der Waals surface area contributed by atoms with Crippen molar-refractivity contribution < 1.29 is 5.11 Å². The van der Waals surface area contributed by atoms with Crippen LogP contribution in [0.15, 0.2) is 28.7 Å². The van der Waals surface area contributed by atoms with Crippen LogP contribution in [0.5, 0.6) is 0 Å². The summed E-state index contributed by atoms with van der Waals surface area (Å²) in [5.41, 5.74) is 0.977. The van der Waals surface area contributed by atoms with Crippen LogP contribution in [0.25, 0.3) is 0 Å². The SMILES string of the molecule is CCN1CCC(N(C)CC(O)c2ccccc2Br)CC1. The second-order valence-corrected chi connectivity index (χ2v) is 6.50. The molecule has 1 N–H and O–H groups in total. The zero-order valence-electron chi connectivity index (χ0n) is 12.4. The molecule has 0 aliphatic carbocycles. The minimum atomic E-state index is -0.431. The van der Waals surface area contributed by atoms with E-state index < -0.39 is 6.10 Å². The maximum atomic E-state index is 10.4. The Morgan fingerprint density at radius 2 is 2.00 bits per heavy atom. The lowest BCUT2D eigenvalue weighted by molar-refractivity contribution is 0.0745. The van der Waals surface area contributed by atoms with Crippen molar-refractivity contribution in [2.75, 3.05) is 33.2 Å². The fourth-order valence-electron chi connectivity index (χ4n) is 2.94. The number of likely N-dealkylation sites (N-methyl/N-ethyl adjacent to an activating group) is 1. The molecule has 1 heterocycles. The van der Waals surface area contributed by atoms with Crippen molar-refractivity contribution in [2.24, 2.45) is 0 Å². The lowest BCUT2D eigenvalue weighted by Crippen LogP contribution is -2.44. The first-order chi connectivity index (χ1) is 9.61. The molecule has 1 saturated heterocycles. The molecule has 0 bridgehead atoms. The van der Waals surface area contributed by atoms with E-state index in [2.05, 4.69) is 39.7 Å². The molecule has 0 saturated carbocycles. The van der Waals surface area contributed by atoms with Gasteiger partial charge >= 0.3 is 0 Å². The highest BCUT2D eigenvalue weighted by Gasteiger charge is 2.23. The molecule has 112 valence electrons. The van der Waals surface area contributed by atoms with E-state index in [0.717, 1.165) is 16.6 Å². The quantitative estimate of drug-likeness (QED) is 0.892. The van der Waals surface area contributed by atoms with Crippen molar-refractivity contribution in [3.63, 3.8) is 0 Å². The molecule has 2 rings (SSSR count). The maximum absolute atomic E-state index is 10.4. The first-order valence-corrected chi connectivity index (χ1v) is 8.26. The Morgan fingerprint density at radius 3 is 2.60 bits per heavy atom. The molecule has 1 aromatic carbocycles. The van der Waals surface area contributed by atoms with E-state index in [0.29, 0.717) is 12.6 Å². The summed E-state index contributed by atoms with van der Waals surface area (Å²) in [4.78, 5) is 4.81. The number of aliphatic hydroxyl groups is 1. The fourth-order valence-corrected chi connectivity index (χ4v) is 3.49. The van der Waals surface area contributed by atoms with Crippen LogP contribution in [0.3, 0.4) is 0 Å². The van der Waals surface area contributed by atoms with E-state index in [1.807, 2.05) is 24.3 Å². The number of hydrogen-bond acceptors (Lipinski definition) is 3. The Labute approximate surface area is 130 Å². The molecule has 20 heavy (non-hydrogen) atoms. The van der Waals surface area contributed by atoms with Crippen molar-refractivity contribution in [3.05, 3.63) is 34.3 Å². The third-order valence-corrected chi connectivity index (χ3v) is 5.07. The summed E-state index contributed by atoms with van der Waals surface area (Å²) in [5, 5.41) is 10.4. The van der Waals surface area contributed by atoms with Gasteiger partial charge < -0.3 is 14.9 Å². The summed E-state index contributed by atoms with van der Waals surface area (Å²) in [6, 6.07) is 8.52. The fraction of sp³-hybridized carbons (Fsp3) is 0.625. The third kappa shape index (κ3) is 4.04. The van der Waals surface area contributed by atoms with Gasteiger partial charge in [0.05, 0.1) is 6.10 Å². The van der Waals surface area contributed by atoms with E-state index in [1.54, 1.807) is 0 Å². The topological polar surface area (TPSA) is 26.7 Å². The minimum absolute atomic E-state index is 0.431. The highest BCUT2D eigenvalue weighted by Crippen LogP contribution is 2.25. The molecule has 1 aromatic rings. The number of nitrogens with zero attached hydrogens (tertiary/aromatic N) is 2. The molecule has 3 nitrogen and oxygen atoms in total. The normalized spacial score (nSPS) is 19.4. The maximum Gasteiger partial charge on any atom is 0.0927 e. The largest absolute Gasteiger partial charge is 0.387 e. The molecule has 0 radical (unpaired) electrons. The van der Waals surface area contributed by atoms with Gasteiger partial charge in [-0.3, -0.25) is 0 Å². The van der Waals surface area contributed by atoms with Gasteiger partial charge in [-0.25, -0.2) is 0 Å². The third-order valence-electron chi connectivity index (χ3n) is 4.35. The lowest BCUT2D eigenvalue weighted by Gasteiger charge is -2.37. The van der Waals surface area contributed by atoms with E-state index in [4.69, 9.17) is 0 Å². The minimum Gasteiger partial charge on any atom is -0.387 e. The summed E-state index contributed by atoms with van der Waals surface area (Å²) in [6.45, 7) is 6.42. The van der Waals surface area contributed by atoms with Crippen LogP contribution in [0.4, 0.5) is 0 Å². The van der Waals surface area contributed by atoms with Gasteiger partial charge in [-0.1, -0.05) is 41.1 Å². The van der Waals surface area contributed by atoms with Gasteiger partial charge in [0, 0.05) is 17.1 Å². The number of halogens is 1. The molecule has 0 spiro atoms. The zero-order chi connectivity index (χ0) is 14.5. The van der Waals surface area contributed by atoms with Gasteiger partial charge in [-0.15, -0.1) is 0 Å². The predicted octanol–water partition coefficient (Wildman–Crippen LogP) is 2.90. The molecule has 1 aliphatic rings. The summed E-state index contributed by atoms with van der Waals surface area (Å²) in [7, 11) is 2.13. The Bertz CT molecular complexity index is 419. The molecule has 4 heteroatoms. The predicted molar refractivity (Wildman–Crippen MR) is 86.9 cm³/mol. The molecule has 0 amide bonds.